The highest BCUT2D eigenvalue weighted by atomic mass is 16.5. The van der Waals surface area contributed by atoms with E-state index in [1.165, 1.54) is 26.5 Å². The lowest BCUT2D eigenvalue weighted by atomic mass is 10.2. The van der Waals surface area contributed by atoms with Crippen molar-refractivity contribution < 1.29 is 24.5 Å². The van der Waals surface area contributed by atoms with Gasteiger partial charge in [-0.25, -0.2) is 4.79 Å². The van der Waals surface area contributed by atoms with Gasteiger partial charge >= 0.3 is 5.97 Å². The smallest absolute Gasteiger partial charge is 0.337 e. The molecule has 0 radical (unpaired) electrons. The number of nitrogens with zero attached hydrogens (tertiary/aromatic N) is 1. The van der Waals surface area contributed by atoms with Crippen LogP contribution in [0.15, 0.2) is 41.5 Å². The number of anilines is 1. The molecular weight excluding hydrogens is 300 g/mol. The summed E-state index contributed by atoms with van der Waals surface area (Å²) in [4.78, 5) is 11.1. The molecule has 3 N–H and O–H groups in total. The number of ether oxygens (including phenoxy) is 2. The number of hydrogen-bond acceptors (Lipinski definition) is 6. The van der Waals surface area contributed by atoms with Crippen molar-refractivity contribution in [3.05, 3.63) is 47.5 Å². The van der Waals surface area contributed by atoms with Crippen LogP contribution in [0.3, 0.4) is 0 Å². The number of carbonyl (C=O) groups is 1. The van der Waals surface area contributed by atoms with Crippen LogP contribution in [0.25, 0.3) is 0 Å². The molecule has 23 heavy (non-hydrogen) atoms. The number of phenolic OH excluding ortho intramolecular Hbond substituents is 1. The van der Waals surface area contributed by atoms with Gasteiger partial charge in [-0.2, -0.15) is 5.10 Å². The number of aromatic hydroxyl groups is 1. The molecule has 0 fully saturated rings. The Morgan fingerprint density at radius 3 is 2.35 bits per heavy atom. The number of nitrogens with one attached hydrogen (secondary N) is 1. The van der Waals surface area contributed by atoms with Crippen LogP contribution in [0.2, 0.25) is 0 Å². The summed E-state index contributed by atoms with van der Waals surface area (Å²) in [5.74, 6) is -0.652. The fourth-order valence-electron chi connectivity index (χ4n) is 1.93. The molecule has 0 aliphatic rings. The van der Waals surface area contributed by atoms with Crippen LogP contribution in [0.5, 0.6) is 17.2 Å². The summed E-state index contributed by atoms with van der Waals surface area (Å²) < 4.78 is 10.1. The molecule has 0 aromatic heterocycles. The summed E-state index contributed by atoms with van der Waals surface area (Å²) in [5, 5.41) is 22.9. The van der Waals surface area contributed by atoms with Crippen LogP contribution in [-0.2, 0) is 0 Å². The third-order valence-corrected chi connectivity index (χ3v) is 3.06. The van der Waals surface area contributed by atoms with E-state index >= 15 is 0 Å². The summed E-state index contributed by atoms with van der Waals surface area (Å²) in [7, 11) is 2.85. The van der Waals surface area contributed by atoms with Gasteiger partial charge in [0.15, 0.2) is 11.5 Å². The molecule has 0 saturated carbocycles. The SMILES string of the molecule is COc1cc(C=NNc2ccccc2C(=O)O)cc(OC)c1O. The van der Waals surface area contributed by atoms with Crippen molar-refractivity contribution in [2.75, 3.05) is 19.6 Å². The zero-order chi connectivity index (χ0) is 16.8. The average molecular weight is 316 g/mol. The van der Waals surface area contributed by atoms with E-state index in [-0.39, 0.29) is 22.8 Å². The Balaban J connectivity index is 2.23. The highest BCUT2D eigenvalue weighted by Gasteiger charge is 2.10. The zero-order valence-corrected chi connectivity index (χ0v) is 12.6. The van der Waals surface area contributed by atoms with Crippen molar-refractivity contribution >= 4 is 17.9 Å². The number of methoxy groups -OCH3 is 2. The maximum atomic E-state index is 11.1. The highest BCUT2D eigenvalue weighted by molar-refractivity contribution is 5.94. The normalized spacial score (nSPS) is 10.5. The molecule has 7 heteroatoms. The second kappa shape index (κ2) is 7.17. The zero-order valence-electron chi connectivity index (χ0n) is 12.6. The second-order valence-electron chi connectivity index (χ2n) is 4.49. The summed E-state index contributed by atoms with van der Waals surface area (Å²) in [5.41, 5.74) is 3.77. The Morgan fingerprint density at radius 2 is 1.78 bits per heavy atom. The van der Waals surface area contributed by atoms with Crippen LogP contribution >= 0.6 is 0 Å². The van der Waals surface area contributed by atoms with Gasteiger partial charge in [-0.05, 0) is 24.3 Å². The third kappa shape index (κ3) is 3.70. The quantitative estimate of drug-likeness (QED) is 0.559. The van der Waals surface area contributed by atoms with Gasteiger partial charge in [0.25, 0.3) is 0 Å². The number of phenols is 1. The van der Waals surface area contributed by atoms with E-state index in [4.69, 9.17) is 14.6 Å². The standard InChI is InChI=1S/C16H16N2O5/c1-22-13-7-10(8-14(23-2)15(13)19)9-17-18-12-6-4-3-5-11(12)16(20)21/h3-9,18-19H,1-2H3,(H,20,21). The first-order chi connectivity index (χ1) is 11.1. The molecule has 0 unspecified atom stereocenters. The molecule has 2 aromatic carbocycles. The van der Waals surface area contributed by atoms with Crippen LogP contribution in [0.4, 0.5) is 5.69 Å². The first-order valence-corrected chi connectivity index (χ1v) is 6.63. The monoisotopic (exact) mass is 316 g/mol. The molecule has 0 amide bonds. The Morgan fingerprint density at radius 1 is 1.17 bits per heavy atom. The second-order valence-corrected chi connectivity index (χ2v) is 4.49. The predicted molar refractivity (Wildman–Crippen MR) is 85.8 cm³/mol. The Bertz CT molecular complexity index is 718. The maximum Gasteiger partial charge on any atom is 0.337 e. The molecule has 0 atom stereocenters. The van der Waals surface area contributed by atoms with Gasteiger partial charge in [-0.15, -0.1) is 0 Å². The minimum atomic E-state index is -1.05. The number of hydrogen-bond donors (Lipinski definition) is 3. The van der Waals surface area contributed by atoms with E-state index in [1.54, 1.807) is 30.3 Å². The summed E-state index contributed by atoms with van der Waals surface area (Å²) in [6, 6.07) is 9.58. The Kier molecular flexibility index (Phi) is 5.03. The molecule has 0 heterocycles. The van der Waals surface area contributed by atoms with E-state index in [2.05, 4.69) is 10.5 Å². The van der Waals surface area contributed by atoms with Crippen molar-refractivity contribution in [2.45, 2.75) is 0 Å². The van der Waals surface area contributed by atoms with Crippen LogP contribution < -0.4 is 14.9 Å². The van der Waals surface area contributed by atoms with Crippen molar-refractivity contribution in [1.82, 2.24) is 0 Å². The van der Waals surface area contributed by atoms with Crippen LogP contribution in [0, 0.1) is 0 Å². The van der Waals surface area contributed by atoms with Gasteiger partial charge in [0.05, 0.1) is 31.7 Å². The van der Waals surface area contributed by atoms with Crippen molar-refractivity contribution in [3.8, 4) is 17.2 Å². The van der Waals surface area contributed by atoms with Gasteiger partial charge in [-0.3, -0.25) is 5.43 Å². The molecule has 0 aliphatic carbocycles. The number of aromatic carboxylic acids is 1. The molecule has 2 rings (SSSR count). The Labute approximate surface area is 132 Å². The van der Waals surface area contributed by atoms with E-state index in [0.29, 0.717) is 11.3 Å². The summed E-state index contributed by atoms with van der Waals surface area (Å²) >= 11 is 0. The lowest BCUT2D eigenvalue weighted by Crippen LogP contribution is -2.02. The number of para-hydroxylation sites is 1. The number of carboxylic acid groups (broad SMARTS) is 1. The van der Waals surface area contributed by atoms with E-state index in [9.17, 15) is 9.90 Å². The topological polar surface area (TPSA) is 100 Å². The molecule has 120 valence electrons. The van der Waals surface area contributed by atoms with E-state index in [1.807, 2.05) is 0 Å². The fourth-order valence-corrected chi connectivity index (χ4v) is 1.93. The number of benzene rings is 2. The van der Waals surface area contributed by atoms with Crippen molar-refractivity contribution in [2.24, 2.45) is 5.10 Å². The third-order valence-electron chi connectivity index (χ3n) is 3.06. The minimum Gasteiger partial charge on any atom is -0.502 e. The first-order valence-electron chi connectivity index (χ1n) is 6.63. The molecule has 0 aliphatic heterocycles. The van der Waals surface area contributed by atoms with Gasteiger partial charge in [0.2, 0.25) is 5.75 Å². The molecule has 0 spiro atoms. The predicted octanol–water partition coefficient (Wildman–Crippen LogP) is 2.55. The van der Waals surface area contributed by atoms with E-state index < -0.39 is 5.97 Å². The van der Waals surface area contributed by atoms with Crippen molar-refractivity contribution in [1.29, 1.82) is 0 Å². The highest BCUT2D eigenvalue weighted by Crippen LogP contribution is 2.36. The lowest BCUT2D eigenvalue weighted by Gasteiger charge is -2.09. The van der Waals surface area contributed by atoms with Gasteiger partial charge in [0, 0.05) is 5.56 Å². The Hall–Kier alpha value is -3.22. The van der Waals surface area contributed by atoms with Gasteiger partial charge in [0.1, 0.15) is 0 Å². The molecular formula is C16H16N2O5. The summed E-state index contributed by atoms with van der Waals surface area (Å²) in [6.07, 6.45) is 1.46. The minimum absolute atomic E-state index is 0.101. The van der Waals surface area contributed by atoms with E-state index in [0.717, 1.165) is 0 Å². The summed E-state index contributed by atoms with van der Waals surface area (Å²) in [6.45, 7) is 0. The van der Waals surface area contributed by atoms with Crippen LogP contribution in [0.1, 0.15) is 15.9 Å². The average Bonchev–Trinajstić information content (AvgIpc) is 2.56. The van der Waals surface area contributed by atoms with Crippen molar-refractivity contribution in [3.63, 3.8) is 0 Å². The molecule has 7 nitrogen and oxygen atoms in total. The van der Waals surface area contributed by atoms with Gasteiger partial charge in [-0.1, -0.05) is 12.1 Å². The molecule has 2 aromatic rings. The first kappa shape index (κ1) is 16.2. The number of carboxylic acids is 1. The largest absolute Gasteiger partial charge is 0.502 e. The maximum absolute atomic E-state index is 11.1. The van der Waals surface area contributed by atoms with Crippen LogP contribution in [-0.4, -0.2) is 36.6 Å². The van der Waals surface area contributed by atoms with Gasteiger partial charge < -0.3 is 19.7 Å². The lowest BCUT2D eigenvalue weighted by molar-refractivity contribution is 0.0698. The number of hydrazone groups is 1. The number of rotatable bonds is 6. The molecule has 0 bridgehead atoms. The molecule has 0 saturated heterocycles. The fraction of sp³-hybridized carbons (Fsp3) is 0.125.